The second-order valence-corrected chi connectivity index (χ2v) is 3.67. The maximum atomic E-state index is 8.52. The van der Waals surface area contributed by atoms with Gasteiger partial charge in [0.1, 0.15) is 0 Å². The normalized spacial score (nSPS) is 9.16. The van der Waals surface area contributed by atoms with Gasteiger partial charge in [0, 0.05) is 31.2 Å². The van der Waals surface area contributed by atoms with E-state index in [0.29, 0.717) is 0 Å². The van der Waals surface area contributed by atoms with Crippen molar-refractivity contribution in [3.05, 3.63) is 0 Å². The molecule has 0 rings (SSSR count). The molecule has 0 aromatic carbocycles. The molecule has 0 bridgehead atoms. The van der Waals surface area contributed by atoms with E-state index >= 15 is 0 Å². The molecule has 4 radical (unpaired) electrons. The maximum absolute atomic E-state index is 8.52. The molecule has 100 valence electrons. The van der Waals surface area contributed by atoms with Gasteiger partial charge in [-0.05, 0) is 0 Å². The second kappa shape index (κ2) is 20.5. The van der Waals surface area contributed by atoms with E-state index in [4.69, 9.17) is 52.6 Å². The fourth-order valence-corrected chi connectivity index (χ4v) is 0. The minimum Gasteiger partial charge on any atom is -0.759 e. The Labute approximate surface area is 228 Å². The molecule has 0 saturated carbocycles. The van der Waals surface area contributed by atoms with Crippen LogP contribution in [0.2, 0.25) is 0 Å². The Morgan fingerprint density at radius 2 is 0.421 bits per heavy atom. The van der Waals surface area contributed by atoms with Crippen LogP contribution in [-0.4, -0.2) is 100 Å². The minimum absolute atomic E-state index is 0. The summed E-state index contributed by atoms with van der Waals surface area (Å²) in [7, 11) is -15.5. The third kappa shape index (κ3) is 470. The Hall–Kier alpha value is 4.48. The first-order valence-corrected chi connectivity index (χ1v) is 6.00. The first-order chi connectivity index (χ1) is 6.00. The van der Waals surface area contributed by atoms with Crippen LogP contribution < -0.4 is 103 Å². The van der Waals surface area contributed by atoms with Crippen LogP contribution in [0.4, 0.5) is 0 Å². The zero-order valence-electron chi connectivity index (χ0n) is 9.12. The van der Waals surface area contributed by atoms with Crippen molar-refractivity contribution in [3.8, 4) is 0 Å². The van der Waals surface area contributed by atoms with E-state index in [9.17, 15) is 0 Å². The largest absolute Gasteiger partial charge is 2.00 e. The van der Waals surface area contributed by atoms with Gasteiger partial charge in [0.25, 0.3) is 0 Å². The SMILES string of the molecule is O=S(=O)([O-])[O-].O=S(=O)([O-])[O-].O=S(=O)([O-])[O-].[K+].[K+].[Sn+2].[Sn+2]. The van der Waals surface area contributed by atoms with Gasteiger partial charge in [-0.3, -0.25) is 25.3 Å². The maximum Gasteiger partial charge on any atom is 2.00 e. The quantitative estimate of drug-likeness (QED) is 0.142. The first kappa shape index (κ1) is 43.7. The average Bonchev–Trinajstić information content (AvgIpc) is 1.41. The summed E-state index contributed by atoms with van der Waals surface area (Å²) >= 11 is 0. The van der Waals surface area contributed by atoms with Crippen molar-refractivity contribution in [2.45, 2.75) is 0 Å². The van der Waals surface area contributed by atoms with Crippen molar-refractivity contribution < 1.29 is 155 Å². The van der Waals surface area contributed by atoms with Crippen LogP contribution in [0.5, 0.6) is 0 Å². The van der Waals surface area contributed by atoms with Crippen LogP contribution >= 0.6 is 0 Å². The monoisotopic (exact) mass is 606 g/mol. The summed E-state index contributed by atoms with van der Waals surface area (Å²) in [6, 6.07) is 0. The van der Waals surface area contributed by atoms with E-state index < -0.39 is 31.2 Å². The van der Waals surface area contributed by atoms with E-state index in [2.05, 4.69) is 0 Å². The molecular weight excluding hydrogens is 604 g/mol. The van der Waals surface area contributed by atoms with Crippen molar-refractivity contribution in [1.29, 1.82) is 0 Å². The topological polar surface area (TPSA) is 241 Å². The molecule has 0 aliphatic rings. The molecule has 0 amide bonds. The molecule has 0 N–H and O–H groups in total. The predicted octanol–water partition coefficient (Wildman–Crippen LogP) is -10.8. The van der Waals surface area contributed by atoms with Gasteiger partial charge >= 0.3 is 151 Å². The van der Waals surface area contributed by atoms with E-state index in [1.807, 2.05) is 0 Å². The number of hydrogen-bond donors (Lipinski definition) is 0. The number of hydrogen-bond acceptors (Lipinski definition) is 12. The summed E-state index contributed by atoms with van der Waals surface area (Å²) < 4.78 is 102. The summed E-state index contributed by atoms with van der Waals surface area (Å²) in [6.07, 6.45) is 0. The average molecular weight is 604 g/mol. The Kier molecular flexibility index (Phi) is 47.2. The summed E-state index contributed by atoms with van der Waals surface area (Å²) in [5.41, 5.74) is 0. The molecule has 0 spiro atoms. The van der Waals surface area contributed by atoms with E-state index in [0.717, 1.165) is 0 Å². The molecule has 0 aromatic rings. The molecule has 0 aliphatic carbocycles. The smallest absolute Gasteiger partial charge is 0.759 e. The zero-order valence-corrected chi connectivity index (χ0v) is 23.5. The summed E-state index contributed by atoms with van der Waals surface area (Å²) in [6.45, 7) is 0. The van der Waals surface area contributed by atoms with Crippen LogP contribution in [0.15, 0.2) is 0 Å². The molecule has 12 nitrogen and oxygen atoms in total. The molecule has 0 unspecified atom stereocenters. The van der Waals surface area contributed by atoms with E-state index in [1.165, 1.54) is 0 Å². The fraction of sp³-hybridized carbons (Fsp3) is 0. The van der Waals surface area contributed by atoms with Gasteiger partial charge in [-0.2, -0.15) is 0 Å². The Bertz CT molecular complexity index is 350. The van der Waals surface area contributed by atoms with E-state index in [1.54, 1.807) is 0 Å². The van der Waals surface area contributed by atoms with Crippen LogP contribution in [0, 0.1) is 0 Å². The van der Waals surface area contributed by atoms with Gasteiger partial charge < -0.3 is 27.3 Å². The molecule has 0 atom stereocenters. The molecule has 0 heterocycles. The van der Waals surface area contributed by atoms with Crippen molar-refractivity contribution in [2.24, 2.45) is 0 Å². The number of rotatable bonds is 0. The van der Waals surface area contributed by atoms with Gasteiger partial charge in [0.15, 0.2) is 0 Å². The Balaban J connectivity index is -0.0000000206. The third-order valence-electron chi connectivity index (χ3n) is 0. The van der Waals surface area contributed by atoms with Gasteiger partial charge in [-0.1, -0.05) is 0 Å². The van der Waals surface area contributed by atoms with Crippen LogP contribution in [-0.2, 0) is 31.2 Å². The van der Waals surface area contributed by atoms with Gasteiger partial charge in [0.05, 0.1) is 0 Å². The third-order valence-corrected chi connectivity index (χ3v) is 0. The molecule has 0 saturated heterocycles. The Morgan fingerprint density at radius 3 is 0.421 bits per heavy atom. The summed E-state index contributed by atoms with van der Waals surface area (Å²) in [4.78, 5) is 0. The van der Waals surface area contributed by atoms with Gasteiger partial charge in [-0.15, -0.1) is 0 Å². The van der Waals surface area contributed by atoms with Crippen molar-refractivity contribution in [2.75, 3.05) is 0 Å². The predicted molar refractivity (Wildman–Crippen MR) is 42.9 cm³/mol. The zero-order chi connectivity index (χ0) is 13.5. The van der Waals surface area contributed by atoms with Crippen molar-refractivity contribution in [3.63, 3.8) is 0 Å². The molecule has 0 fully saturated rings. The molecule has 19 heteroatoms. The van der Waals surface area contributed by atoms with Crippen LogP contribution in [0.25, 0.3) is 0 Å². The molecule has 19 heavy (non-hydrogen) atoms. The minimum atomic E-state index is -5.17. The summed E-state index contributed by atoms with van der Waals surface area (Å²) in [5.74, 6) is 0. The van der Waals surface area contributed by atoms with Gasteiger partial charge in [-0.25, -0.2) is 0 Å². The van der Waals surface area contributed by atoms with Crippen molar-refractivity contribution >= 4 is 79.0 Å². The standard InChI is InChI=1S/2K.3H2O4S.2Sn/c;;3*1-5(2,3)4;;/h;;3*(H2,1,2,3,4);;/q2*+1;;;;2*+2/p-6. The second-order valence-electron chi connectivity index (χ2n) is 1.22. The first-order valence-electron chi connectivity index (χ1n) is 2.00. The summed E-state index contributed by atoms with van der Waals surface area (Å²) in [5, 5.41) is 0. The molecular formula is K2O12S3Sn2. The fourth-order valence-electron chi connectivity index (χ4n) is 0. The molecule has 0 aromatic heterocycles. The van der Waals surface area contributed by atoms with Crippen molar-refractivity contribution in [1.82, 2.24) is 0 Å². The van der Waals surface area contributed by atoms with E-state index in [-0.39, 0.29) is 151 Å². The van der Waals surface area contributed by atoms with Gasteiger partial charge in [0.2, 0.25) is 0 Å². The Morgan fingerprint density at radius 1 is 0.421 bits per heavy atom. The molecule has 0 aliphatic heterocycles. The van der Waals surface area contributed by atoms with Crippen LogP contribution in [0.1, 0.15) is 0 Å². The van der Waals surface area contributed by atoms with Crippen LogP contribution in [0.3, 0.4) is 0 Å².